The molecule has 0 fully saturated rings. The lowest BCUT2D eigenvalue weighted by molar-refractivity contribution is -0.119. The van der Waals surface area contributed by atoms with Gasteiger partial charge in [0.15, 0.2) is 5.78 Å². The Morgan fingerprint density at radius 1 is 1.33 bits per heavy atom. The summed E-state index contributed by atoms with van der Waals surface area (Å²) >= 11 is 1.48. The first-order valence-corrected chi connectivity index (χ1v) is 6.80. The zero-order valence-corrected chi connectivity index (χ0v) is 11.9. The molecule has 18 heavy (non-hydrogen) atoms. The van der Waals surface area contributed by atoms with Crippen LogP contribution < -0.4 is 5.73 Å². The summed E-state index contributed by atoms with van der Waals surface area (Å²) in [5.74, 6) is 0.0445. The van der Waals surface area contributed by atoms with E-state index in [0.29, 0.717) is 12.5 Å². The number of rotatable bonds is 7. The number of aryl methyl sites for hydroxylation is 1. The molecule has 0 bridgehead atoms. The Kier molecular flexibility index (Phi) is 5.50. The molecule has 1 rings (SSSR count). The molecule has 1 amide bonds. The second kappa shape index (κ2) is 6.66. The van der Waals surface area contributed by atoms with Crippen LogP contribution in [-0.2, 0) is 4.79 Å². The monoisotopic (exact) mass is 268 g/mol. The number of hydrogen-bond acceptors (Lipinski definition) is 4. The van der Waals surface area contributed by atoms with Crippen LogP contribution in [0.25, 0.3) is 0 Å². The van der Waals surface area contributed by atoms with Crippen molar-refractivity contribution in [1.82, 2.24) is 4.90 Å². The first-order chi connectivity index (χ1) is 8.38. The second-order valence-corrected chi connectivity index (χ2v) is 6.15. The maximum absolute atomic E-state index is 12.0. The van der Waals surface area contributed by atoms with Gasteiger partial charge in [-0.05, 0) is 25.0 Å². The Hall–Kier alpha value is -1.20. The highest BCUT2D eigenvalue weighted by atomic mass is 32.1. The number of amides is 1. The number of nitrogens with two attached hydrogens (primary N) is 1. The van der Waals surface area contributed by atoms with Gasteiger partial charge in [-0.15, -0.1) is 11.3 Å². The summed E-state index contributed by atoms with van der Waals surface area (Å²) in [5.41, 5.74) is 5.20. The summed E-state index contributed by atoms with van der Waals surface area (Å²) in [7, 11) is 0. The number of thiophene rings is 1. The molecular weight excluding hydrogens is 248 g/mol. The molecule has 2 N–H and O–H groups in total. The number of carbonyl (C=O) groups is 2. The van der Waals surface area contributed by atoms with E-state index in [1.165, 1.54) is 11.3 Å². The van der Waals surface area contributed by atoms with Gasteiger partial charge in [-0.25, -0.2) is 0 Å². The minimum atomic E-state index is -0.397. The van der Waals surface area contributed by atoms with Crippen LogP contribution in [0.5, 0.6) is 0 Å². The van der Waals surface area contributed by atoms with Crippen molar-refractivity contribution < 1.29 is 9.59 Å². The molecule has 0 radical (unpaired) electrons. The number of nitrogens with zero attached hydrogens (tertiary/aromatic N) is 1. The third-order valence-corrected chi connectivity index (χ3v) is 3.43. The smallest absolute Gasteiger partial charge is 0.231 e. The average Bonchev–Trinajstić information content (AvgIpc) is 2.62. The molecule has 0 aliphatic rings. The summed E-state index contributed by atoms with van der Waals surface area (Å²) in [6, 6.07) is 3.76. The predicted octanol–water partition coefficient (Wildman–Crippen LogP) is 1.68. The molecule has 0 unspecified atom stereocenters. The molecule has 0 saturated heterocycles. The van der Waals surface area contributed by atoms with Gasteiger partial charge < -0.3 is 5.73 Å². The highest BCUT2D eigenvalue weighted by molar-refractivity contribution is 7.14. The maximum atomic E-state index is 12.0. The van der Waals surface area contributed by atoms with E-state index in [1.807, 2.05) is 37.8 Å². The summed E-state index contributed by atoms with van der Waals surface area (Å²) in [6.45, 7) is 7.15. The Labute approximate surface area is 112 Å². The van der Waals surface area contributed by atoms with Crippen LogP contribution in [-0.4, -0.2) is 36.2 Å². The molecule has 5 heteroatoms. The lowest BCUT2D eigenvalue weighted by Gasteiger charge is -2.21. The van der Waals surface area contributed by atoms with E-state index in [4.69, 9.17) is 5.73 Å². The normalized spacial score (nSPS) is 11.2. The fourth-order valence-corrected chi connectivity index (χ4v) is 2.58. The summed E-state index contributed by atoms with van der Waals surface area (Å²) in [6.07, 6.45) is 0. The largest absolute Gasteiger partial charge is 0.369 e. The van der Waals surface area contributed by atoms with Crippen LogP contribution in [0.1, 0.15) is 28.4 Å². The minimum Gasteiger partial charge on any atom is -0.369 e. The molecule has 0 saturated carbocycles. The zero-order chi connectivity index (χ0) is 13.7. The highest BCUT2D eigenvalue weighted by Crippen LogP contribution is 2.16. The van der Waals surface area contributed by atoms with E-state index in [9.17, 15) is 9.59 Å². The Morgan fingerprint density at radius 3 is 2.44 bits per heavy atom. The maximum Gasteiger partial charge on any atom is 0.231 e. The number of ketones is 1. The first-order valence-electron chi connectivity index (χ1n) is 5.98. The van der Waals surface area contributed by atoms with Crippen molar-refractivity contribution in [3.8, 4) is 0 Å². The SMILES string of the molecule is Cc1ccc(C(=O)CN(CC(N)=O)CC(C)C)s1. The van der Waals surface area contributed by atoms with E-state index >= 15 is 0 Å². The summed E-state index contributed by atoms with van der Waals surface area (Å²) < 4.78 is 0. The van der Waals surface area contributed by atoms with Gasteiger partial charge in [-0.1, -0.05) is 13.8 Å². The molecule has 0 spiro atoms. The molecule has 0 aliphatic carbocycles. The molecule has 1 aromatic heterocycles. The van der Waals surface area contributed by atoms with Crippen molar-refractivity contribution in [1.29, 1.82) is 0 Å². The minimum absolute atomic E-state index is 0.0509. The predicted molar refractivity (Wildman–Crippen MR) is 73.9 cm³/mol. The number of primary amides is 1. The standard InChI is InChI=1S/C13H20N2O2S/c1-9(2)6-15(8-13(14)17)7-11(16)12-5-4-10(3)18-12/h4-5,9H,6-8H2,1-3H3,(H2,14,17). The van der Waals surface area contributed by atoms with Crippen molar-refractivity contribution in [2.75, 3.05) is 19.6 Å². The van der Waals surface area contributed by atoms with E-state index in [-0.39, 0.29) is 18.9 Å². The number of carbonyl (C=O) groups excluding carboxylic acids is 2. The molecular formula is C13H20N2O2S. The van der Waals surface area contributed by atoms with E-state index in [1.54, 1.807) is 0 Å². The van der Waals surface area contributed by atoms with Crippen molar-refractivity contribution in [3.63, 3.8) is 0 Å². The van der Waals surface area contributed by atoms with Gasteiger partial charge in [0.1, 0.15) is 0 Å². The van der Waals surface area contributed by atoms with Gasteiger partial charge in [0.2, 0.25) is 5.91 Å². The molecule has 0 atom stereocenters. The van der Waals surface area contributed by atoms with Crippen LogP contribution >= 0.6 is 11.3 Å². The highest BCUT2D eigenvalue weighted by Gasteiger charge is 2.16. The van der Waals surface area contributed by atoms with Crippen molar-refractivity contribution in [2.24, 2.45) is 11.7 Å². The molecule has 1 aromatic rings. The molecule has 1 heterocycles. The second-order valence-electron chi connectivity index (χ2n) is 4.86. The topological polar surface area (TPSA) is 63.4 Å². The lowest BCUT2D eigenvalue weighted by atomic mass is 10.2. The number of hydrogen-bond donors (Lipinski definition) is 1. The molecule has 0 aliphatic heterocycles. The van der Waals surface area contributed by atoms with Crippen molar-refractivity contribution in [2.45, 2.75) is 20.8 Å². The fraction of sp³-hybridized carbons (Fsp3) is 0.538. The third-order valence-electron chi connectivity index (χ3n) is 2.39. The van der Waals surface area contributed by atoms with Gasteiger partial charge in [0, 0.05) is 11.4 Å². The van der Waals surface area contributed by atoms with E-state index < -0.39 is 5.91 Å². The fourth-order valence-electron chi connectivity index (χ4n) is 1.79. The van der Waals surface area contributed by atoms with Gasteiger partial charge in [-0.2, -0.15) is 0 Å². The molecule has 100 valence electrons. The quantitative estimate of drug-likeness (QED) is 0.765. The van der Waals surface area contributed by atoms with E-state index in [2.05, 4.69) is 0 Å². The molecule has 0 aromatic carbocycles. The van der Waals surface area contributed by atoms with Crippen LogP contribution in [0.15, 0.2) is 12.1 Å². The van der Waals surface area contributed by atoms with Crippen LogP contribution in [0.4, 0.5) is 0 Å². The lowest BCUT2D eigenvalue weighted by Crippen LogP contribution is -2.39. The van der Waals surface area contributed by atoms with Crippen LogP contribution in [0.3, 0.4) is 0 Å². The Morgan fingerprint density at radius 2 is 2.00 bits per heavy atom. The van der Waals surface area contributed by atoms with Gasteiger partial charge >= 0.3 is 0 Å². The number of Topliss-reactive ketones (excluding diaryl/α,β-unsaturated/α-hetero) is 1. The van der Waals surface area contributed by atoms with Crippen LogP contribution in [0, 0.1) is 12.8 Å². The van der Waals surface area contributed by atoms with E-state index in [0.717, 1.165) is 9.75 Å². The van der Waals surface area contributed by atoms with Crippen LogP contribution in [0.2, 0.25) is 0 Å². The van der Waals surface area contributed by atoms with Gasteiger partial charge in [0.25, 0.3) is 0 Å². The third kappa shape index (κ3) is 4.98. The van der Waals surface area contributed by atoms with Crippen molar-refractivity contribution >= 4 is 23.0 Å². The molecule has 4 nitrogen and oxygen atoms in total. The summed E-state index contributed by atoms with van der Waals surface area (Å²) in [5, 5.41) is 0. The van der Waals surface area contributed by atoms with Crippen molar-refractivity contribution in [3.05, 3.63) is 21.9 Å². The van der Waals surface area contributed by atoms with Gasteiger partial charge in [-0.3, -0.25) is 14.5 Å². The average molecular weight is 268 g/mol. The first kappa shape index (κ1) is 14.9. The summed E-state index contributed by atoms with van der Waals surface area (Å²) in [4.78, 5) is 26.7. The Bertz CT molecular complexity index is 426. The Balaban J connectivity index is 2.64. The zero-order valence-electron chi connectivity index (χ0n) is 11.1. The van der Waals surface area contributed by atoms with Gasteiger partial charge in [0.05, 0.1) is 18.0 Å².